The van der Waals surface area contributed by atoms with E-state index in [1.54, 1.807) is 18.4 Å². The molecule has 0 spiro atoms. The van der Waals surface area contributed by atoms with E-state index < -0.39 is 10.2 Å². The van der Waals surface area contributed by atoms with Gasteiger partial charge in [-0.1, -0.05) is 0 Å². The van der Waals surface area contributed by atoms with E-state index in [4.69, 9.17) is 4.42 Å². The van der Waals surface area contributed by atoms with Gasteiger partial charge in [0.05, 0.1) is 12.8 Å². The number of hydrogen-bond donors (Lipinski definition) is 2. The summed E-state index contributed by atoms with van der Waals surface area (Å²) in [4.78, 5) is 0. The highest BCUT2D eigenvalue weighted by atomic mass is 32.2. The molecule has 2 N–H and O–H groups in total. The molecular weight excluding hydrogens is 282 g/mol. The van der Waals surface area contributed by atoms with Gasteiger partial charge in [-0.25, -0.2) is 0 Å². The molecule has 0 atom stereocenters. The van der Waals surface area contributed by atoms with Crippen LogP contribution in [-0.4, -0.2) is 37.0 Å². The van der Waals surface area contributed by atoms with Crippen LogP contribution in [0.4, 0.5) is 11.6 Å². The first kappa shape index (κ1) is 14.3. The molecular formula is C11H15N5O3S. The smallest absolute Gasteiger partial charge is 0.302 e. The summed E-state index contributed by atoms with van der Waals surface area (Å²) in [6, 6.07) is 6.78. The van der Waals surface area contributed by atoms with Crippen molar-refractivity contribution in [2.24, 2.45) is 0 Å². The number of nitrogens with one attached hydrogen (secondary N) is 2. The Morgan fingerprint density at radius 1 is 1.20 bits per heavy atom. The quantitative estimate of drug-likeness (QED) is 0.821. The predicted octanol–water partition coefficient (Wildman–Crippen LogP) is 0.900. The normalized spacial score (nSPS) is 11.6. The standard InChI is InChI=1S/C11H15N5O3S/c1-16(2)20(17,18)15-11-6-5-10(13-14-11)12-8-9-4-3-7-19-9/h3-7H,8H2,1-2H3,(H,12,13)(H,14,15). The molecule has 8 nitrogen and oxygen atoms in total. The van der Waals surface area contributed by atoms with Gasteiger partial charge in [-0.05, 0) is 24.3 Å². The van der Waals surface area contributed by atoms with Crippen molar-refractivity contribution in [3.05, 3.63) is 36.3 Å². The molecule has 0 fully saturated rings. The highest BCUT2D eigenvalue weighted by Crippen LogP contribution is 2.10. The summed E-state index contributed by atoms with van der Waals surface area (Å²) in [6.07, 6.45) is 1.59. The van der Waals surface area contributed by atoms with Gasteiger partial charge in [0.2, 0.25) is 0 Å². The Labute approximate surface area is 117 Å². The first-order chi connectivity index (χ1) is 9.47. The Balaban J connectivity index is 1.96. The molecule has 0 bridgehead atoms. The van der Waals surface area contributed by atoms with Crippen LogP contribution in [0.2, 0.25) is 0 Å². The summed E-state index contributed by atoms with van der Waals surface area (Å²) in [6.45, 7) is 0.477. The van der Waals surface area contributed by atoms with Crippen LogP contribution in [0.3, 0.4) is 0 Å². The van der Waals surface area contributed by atoms with Crippen molar-refractivity contribution >= 4 is 21.8 Å². The molecule has 9 heteroatoms. The lowest BCUT2D eigenvalue weighted by Crippen LogP contribution is -2.29. The number of furan rings is 1. The number of aromatic nitrogens is 2. The Hall–Kier alpha value is -2.13. The van der Waals surface area contributed by atoms with Crippen LogP contribution < -0.4 is 10.0 Å². The third-order valence-corrected chi connectivity index (χ3v) is 3.83. The van der Waals surface area contributed by atoms with E-state index in [0.717, 1.165) is 10.1 Å². The van der Waals surface area contributed by atoms with E-state index in [1.165, 1.54) is 20.2 Å². The summed E-state index contributed by atoms with van der Waals surface area (Å²) < 4.78 is 31.7. The fourth-order valence-corrected chi connectivity index (χ4v) is 1.85. The van der Waals surface area contributed by atoms with E-state index >= 15 is 0 Å². The van der Waals surface area contributed by atoms with Crippen molar-refractivity contribution in [2.75, 3.05) is 24.1 Å². The summed E-state index contributed by atoms with van der Waals surface area (Å²) in [5, 5.41) is 10.7. The molecule has 0 radical (unpaired) electrons. The third kappa shape index (κ3) is 3.68. The van der Waals surface area contributed by atoms with E-state index in [2.05, 4.69) is 20.2 Å². The Kier molecular flexibility index (Phi) is 4.20. The zero-order valence-electron chi connectivity index (χ0n) is 11.1. The van der Waals surface area contributed by atoms with Crippen molar-refractivity contribution in [2.45, 2.75) is 6.54 Å². The zero-order chi connectivity index (χ0) is 14.6. The maximum Gasteiger partial charge on any atom is 0.302 e. The molecule has 2 heterocycles. The fraction of sp³-hybridized carbons (Fsp3) is 0.273. The van der Waals surface area contributed by atoms with Gasteiger partial charge in [-0.15, -0.1) is 10.2 Å². The van der Waals surface area contributed by atoms with Crippen LogP contribution in [0.5, 0.6) is 0 Å². The van der Waals surface area contributed by atoms with Crippen LogP contribution in [0.15, 0.2) is 34.9 Å². The number of anilines is 2. The average molecular weight is 297 g/mol. The van der Waals surface area contributed by atoms with Crippen LogP contribution in [0.25, 0.3) is 0 Å². The Morgan fingerprint density at radius 2 is 1.90 bits per heavy atom. The first-order valence-electron chi connectivity index (χ1n) is 5.77. The molecule has 2 aromatic heterocycles. The fourth-order valence-electron chi connectivity index (χ4n) is 1.30. The maximum absolute atomic E-state index is 11.6. The maximum atomic E-state index is 11.6. The molecule has 0 aliphatic carbocycles. The van der Waals surface area contributed by atoms with Crippen LogP contribution >= 0.6 is 0 Å². The van der Waals surface area contributed by atoms with Gasteiger partial charge in [-0.2, -0.15) is 12.7 Å². The van der Waals surface area contributed by atoms with Gasteiger partial charge in [0, 0.05) is 14.1 Å². The second kappa shape index (κ2) is 5.88. The lowest BCUT2D eigenvalue weighted by molar-refractivity contribution is 0.517. The van der Waals surface area contributed by atoms with Gasteiger partial charge in [0.1, 0.15) is 11.6 Å². The Morgan fingerprint density at radius 3 is 2.45 bits per heavy atom. The average Bonchev–Trinajstić information content (AvgIpc) is 2.90. The van der Waals surface area contributed by atoms with E-state index in [0.29, 0.717) is 12.4 Å². The highest BCUT2D eigenvalue weighted by molar-refractivity contribution is 7.90. The summed E-state index contributed by atoms with van der Waals surface area (Å²) in [7, 11) is -0.715. The SMILES string of the molecule is CN(C)S(=O)(=O)Nc1ccc(NCc2ccco2)nn1. The van der Waals surface area contributed by atoms with Crippen LogP contribution in [-0.2, 0) is 16.8 Å². The molecule has 0 aromatic carbocycles. The molecule has 0 saturated heterocycles. The van der Waals surface area contributed by atoms with Gasteiger partial charge in [0.25, 0.3) is 0 Å². The van der Waals surface area contributed by atoms with E-state index in [1.807, 2.05) is 6.07 Å². The molecule has 0 amide bonds. The molecule has 2 aromatic rings. The second-order valence-electron chi connectivity index (χ2n) is 4.13. The lowest BCUT2D eigenvalue weighted by Gasteiger charge is -2.12. The minimum Gasteiger partial charge on any atom is -0.467 e. The van der Waals surface area contributed by atoms with Crippen LogP contribution in [0, 0.1) is 0 Å². The van der Waals surface area contributed by atoms with Crippen molar-refractivity contribution in [1.29, 1.82) is 0 Å². The van der Waals surface area contributed by atoms with Crippen LogP contribution in [0.1, 0.15) is 5.76 Å². The molecule has 0 saturated carbocycles. The monoisotopic (exact) mass is 297 g/mol. The van der Waals surface area contributed by atoms with E-state index in [9.17, 15) is 8.42 Å². The summed E-state index contributed by atoms with van der Waals surface area (Å²) in [5.41, 5.74) is 0. The summed E-state index contributed by atoms with van der Waals surface area (Å²) >= 11 is 0. The number of nitrogens with zero attached hydrogens (tertiary/aromatic N) is 3. The highest BCUT2D eigenvalue weighted by Gasteiger charge is 2.13. The summed E-state index contributed by atoms with van der Waals surface area (Å²) in [5.74, 6) is 1.45. The topological polar surface area (TPSA) is 100 Å². The molecule has 2 rings (SSSR count). The predicted molar refractivity (Wildman–Crippen MR) is 74.3 cm³/mol. The third-order valence-electron chi connectivity index (χ3n) is 2.40. The largest absolute Gasteiger partial charge is 0.467 e. The van der Waals surface area contributed by atoms with Crippen molar-refractivity contribution < 1.29 is 12.8 Å². The minimum absolute atomic E-state index is 0.155. The van der Waals surface area contributed by atoms with Crippen molar-refractivity contribution in [3.8, 4) is 0 Å². The molecule has 0 aliphatic heterocycles. The van der Waals surface area contributed by atoms with E-state index in [-0.39, 0.29) is 5.82 Å². The van der Waals surface area contributed by atoms with Crippen molar-refractivity contribution in [3.63, 3.8) is 0 Å². The van der Waals surface area contributed by atoms with Gasteiger partial charge in [-0.3, -0.25) is 4.72 Å². The number of hydrogen-bond acceptors (Lipinski definition) is 6. The zero-order valence-corrected chi connectivity index (χ0v) is 11.9. The lowest BCUT2D eigenvalue weighted by atomic mass is 10.4. The van der Waals surface area contributed by atoms with Gasteiger partial charge in [0.15, 0.2) is 5.82 Å². The molecule has 20 heavy (non-hydrogen) atoms. The number of rotatable bonds is 6. The molecule has 0 unspecified atom stereocenters. The minimum atomic E-state index is -3.57. The van der Waals surface area contributed by atoms with Gasteiger partial charge >= 0.3 is 10.2 Å². The first-order valence-corrected chi connectivity index (χ1v) is 7.21. The second-order valence-corrected chi connectivity index (χ2v) is 6.01. The Bertz CT molecular complexity index is 637. The van der Waals surface area contributed by atoms with Crippen molar-refractivity contribution in [1.82, 2.24) is 14.5 Å². The molecule has 0 aliphatic rings. The van der Waals surface area contributed by atoms with Gasteiger partial charge < -0.3 is 9.73 Å². The molecule has 108 valence electrons.